The summed E-state index contributed by atoms with van der Waals surface area (Å²) in [5.41, 5.74) is 2.20. The van der Waals surface area contributed by atoms with Crippen molar-refractivity contribution >= 4 is 23.5 Å². The largest absolute Gasteiger partial charge is 0.484 e. The smallest absolute Gasteiger partial charge is 0.258 e. The van der Waals surface area contributed by atoms with Crippen LogP contribution in [0.2, 0.25) is 5.02 Å². The van der Waals surface area contributed by atoms with Crippen molar-refractivity contribution in [2.45, 2.75) is 31.8 Å². The van der Waals surface area contributed by atoms with Crippen molar-refractivity contribution in [3.8, 4) is 5.75 Å². The summed E-state index contributed by atoms with van der Waals surface area (Å²) in [7, 11) is 1.74. The van der Waals surface area contributed by atoms with Crippen LogP contribution in [0.1, 0.15) is 24.0 Å². The normalized spacial score (nSPS) is 13.7. The average molecular weight is 415 g/mol. The van der Waals surface area contributed by atoms with Gasteiger partial charge >= 0.3 is 0 Å². The van der Waals surface area contributed by atoms with E-state index in [4.69, 9.17) is 16.3 Å². The number of halogens is 1. The Morgan fingerprint density at radius 1 is 1.14 bits per heavy atom. The molecule has 0 heterocycles. The fourth-order valence-corrected chi connectivity index (χ4v) is 2.97. The molecule has 0 spiro atoms. The van der Waals surface area contributed by atoms with Crippen molar-refractivity contribution < 1.29 is 9.53 Å². The number of amides is 1. The lowest BCUT2D eigenvalue weighted by molar-refractivity contribution is -0.123. The van der Waals surface area contributed by atoms with E-state index in [1.165, 1.54) is 5.56 Å². The number of hydrogen-bond donors (Lipinski definition) is 3. The van der Waals surface area contributed by atoms with Gasteiger partial charge in [-0.2, -0.15) is 0 Å². The molecule has 7 heteroatoms. The topological polar surface area (TPSA) is 74.8 Å². The van der Waals surface area contributed by atoms with Gasteiger partial charge in [-0.1, -0.05) is 41.9 Å². The highest BCUT2D eigenvalue weighted by atomic mass is 35.5. The van der Waals surface area contributed by atoms with E-state index in [0.29, 0.717) is 18.3 Å². The minimum Gasteiger partial charge on any atom is -0.484 e. The van der Waals surface area contributed by atoms with Crippen molar-refractivity contribution in [2.24, 2.45) is 4.99 Å². The number of carbonyl (C=O) groups excluding carboxylic acids is 1. The van der Waals surface area contributed by atoms with Crippen LogP contribution in [0.3, 0.4) is 0 Å². The van der Waals surface area contributed by atoms with Gasteiger partial charge in [-0.3, -0.25) is 9.79 Å². The fourth-order valence-electron chi connectivity index (χ4n) is 2.76. The molecule has 0 radical (unpaired) electrons. The van der Waals surface area contributed by atoms with Crippen molar-refractivity contribution in [1.82, 2.24) is 16.0 Å². The summed E-state index contributed by atoms with van der Waals surface area (Å²) in [6, 6.07) is 15.9. The van der Waals surface area contributed by atoms with Gasteiger partial charge in [0.05, 0.1) is 0 Å². The number of carbonyl (C=O) groups is 1. The quantitative estimate of drug-likeness (QED) is 0.435. The van der Waals surface area contributed by atoms with E-state index in [9.17, 15) is 4.79 Å². The summed E-state index contributed by atoms with van der Waals surface area (Å²) < 4.78 is 5.53. The van der Waals surface area contributed by atoms with Gasteiger partial charge in [0.2, 0.25) is 0 Å². The Balaban J connectivity index is 1.36. The number of benzene rings is 2. The summed E-state index contributed by atoms with van der Waals surface area (Å²) in [6.07, 6.45) is 3.00. The first-order valence-corrected chi connectivity index (χ1v) is 10.2. The molecule has 0 unspecified atom stereocenters. The minimum atomic E-state index is -0.0588. The molecule has 1 aliphatic carbocycles. The Kier molecular flexibility index (Phi) is 7.76. The van der Waals surface area contributed by atoms with Crippen LogP contribution in [-0.4, -0.2) is 38.1 Å². The zero-order valence-electron chi connectivity index (χ0n) is 16.6. The molecule has 2 aromatic carbocycles. The standard InChI is InChI=1S/C22H27ClN4O2/c1-24-22(26-14-17-4-2-3-5-20(17)23)25-13-12-16-6-10-19(11-7-16)29-15-21(28)27-18-8-9-18/h2-7,10-11,18H,8-9,12-15H2,1H3,(H,27,28)(H2,24,25,26). The summed E-state index contributed by atoms with van der Waals surface area (Å²) in [6.45, 7) is 1.41. The zero-order valence-corrected chi connectivity index (χ0v) is 17.3. The predicted molar refractivity (Wildman–Crippen MR) is 116 cm³/mol. The van der Waals surface area contributed by atoms with Crippen LogP contribution in [0.15, 0.2) is 53.5 Å². The van der Waals surface area contributed by atoms with Crippen LogP contribution in [0, 0.1) is 0 Å². The second kappa shape index (κ2) is 10.7. The van der Waals surface area contributed by atoms with E-state index in [1.807, 2.05) is 48.5 Å². The Morgan fingerprint density at radius 3 is 2.59 bits per heavy atom. The molecule has 2 aromatic rings. The molecule has 1 amide bonds. The summed E-state index contributed by atoms with van der Waals surface area (Å²) >= 11 is 6.18. The Hall–Kier alpha value is -2.73. The second-order valence-corrected chi connectivity index (χ2v) is 7.38. The number of guanidine groups is 1. The molecule has 0 bridgehead atoms. The van der Waals surface area contributed by atoms with Gasteiger partial charge in [-0.15, -0.1) is 0 Å². The molecular formula is C22H27ClN4O2. The molecule has 0 aliphatic heterocycles. The van der Waals surface area contributed by atoms with E-state index in [2.05, 4.69) is 20.9 Å². The summed E-state index contributed by atoms with van der Waals surface area (Å²) in [5.74, 6) is 1.37. The zero-order chi connectivity index (χ0) is 20.5. The maximum atomic E-state index is 11.7. The number of ether oxygens (including phenoxy) is 1. The Morgan fingerprint density at radius 2 is 1.90 bits per heavy atom. The third-order valence-electron chi connectivity index (χ3n) is 4.57. The SMILES string of the molecule is CN=C(NCCc1ccc(OCC(=O)NC2CC2)cc1)NCc1ccccc1Cl. The van der Waals surface area contributed by atoms with E-state index in [1.54, 1.807) is 7.05 Å². The van der Waals surface area contributed by atoms with Gasteiger partial charge in [0.25, 0.3) is 5.91 Å². The van der Waals surface area contributed by atoms with Gasteiger partial charge in [0.1, 0.15) is 5.75 Å². The first-order valence-electron chi connectivity index (χ1n) is 9.83. The first kappa shape index (κ1) is 21.0. The molecular weight excluding hydrogens is 388 g/mol. The van der Waals surface area contributed by atoms with Crippen LogP contribution < -0.4 is 20.7 Å². The van der Waals surface area contributed by atoms with Crippen LogP contribution >= 0.6 is 11.6 Å². The molecule has 3 rings (SSSR count). The monoisotopic (exact) mass is 414 g/mol. The molecule has 1 aliphatic rings. The third-order valence-corrected chi connectivity index (χ3v) is 4.94. The lowest BCUT2D eigenvalue weighted by Crippen LogP contribution is -2.37. The fraction of sp³-hybridized carbons (Fsp3) is 0.364. The molecule has 154 valence electrons. The van der Waals surface area contributed by atoms with E-state index >= 15 is 0 Å². The minimum absolute atomic E-state index is 0.0588. The predicted octanol–water partition coefficient (Wildman–Crippen LogP) is 2.91. The first-order chi connectivity index (χ1) is 14.1. The van der Waals surface area contributed by atoms with Gasteiger partial charge in [0, 0.05) is 31.2 Å². The number of hydrogen-bond acceptors (Lipinski definition) is 3. The maximum absolute atomic E-state index is 11.7. The van der Waals surface area contributed by atoms with Gasteiger partial charge in [-0.05, 0) is 48.6 Å². The Bertz CT molecular complexity index is 835. The van der Waals surface area contributed by atoms with Crippen LogP contribution in [0.4, 0.5) is 0 Å². The van der Waals surface area contributed by atoms with Gasteiger partial charge in [0.15, 0.2) is 12.6 Å². The summed E-state index contributed by atoms with van der Waals surface area (Å²) in [5, 5.41) is 10.2. The highest BCUT2D eigenvalue weighted by Crippen LogP contribution is 2.18. The van der Waals surface area contributed by atoms with Crippen LogP contribution in [-0.2, 0) is 17.8 Å². The molecule has 29 heavy (non-hydrogen) atoms. The average Bonchev–Trinajstić information content (AvgIpc) is 3.55. The second-order valence-electron chi connectivity index (χ2n) is 6.97. The van der Waals surface area contributed by atoms with Crippen LogP contribution in [0.5, 0.6) is 5.75 Å². The lowest BCUT2D eigenvalue weighted by atomic mass is 10.1. The summed E-state index contributed by atoms with van der Waals surface area (Å²) in [4.78, 5) is 15.9. The lowest BCUT2D eigenvalue weighted by Gasteiger charge is -2.13. The number of rotatable bonds is 9. The van der Waals surface area contributed by atoms with Crippen molar-refractivity contribution in [3.05, 3.63) is 64.7 Å². The van der Waals surface area contributed by atoms with Crippen molar-refractivity contribution in [1.29, 1.82) is 0 Å². The molecule has 6 nitrogen and oxygen atoms in total. The van der Waals surface area contributed by atoms with Crippen molar-refractivity contribution in [2.75, 3.05) is 20.2 Å². The molecule has 0 aromatic heterocycles. The van der Waals surface area contributed by atoms with E-state index in [0.717, 1.165) is 42.4 Å². The number of nitrogens with one attached hydrogen (secondary N) is 3. The maximum Gasteiger partial charge on any atom is 0.258 e. The van der Waals surface area contributed by atoms with E-state index < -0.39 is 0 Å². The molecule has 0 saturated heterocycles. The number of aliphatic imine (C=N–C) groups is 1. The van der Waals surface area contributed by atoms with Gasteiger partial charge in [-0.25, -0.2) is 0 Å². The van der Waals surface area contributed by atoms with Crippen molar-refractivity contribution in [3.63, 3.8) is 0 Å². The molecule has 1 saturated carbocycles. The van der Waals surface area contributed by atoms with E-state index in [-0.39, 0.29) is 12.5 Å². The van der Waals surface area contributed by atoms with Crippen LogP contribution in [0.25, 0.3) is 0 Å². The Labute approximate surface area is 176 Å². The molecule has 3 N–H and O–H groups in total. The number of nitrogens with zero attached hydrogens (tertiary/aromatic N) is 1. The molecule has 0 atom stereocenters. The molecule has 1 fully saturated rings. The van der Waals surface area contributed by atoms with Gasteiger partial charge < -0.3 is 20.7 Å². The third kappa shape index (κ3) is 7.31. The highest BCUT2D eigenvalue weighted by molar-refractivity contribution is 6.31. The highest BCUT2D eigenvalue weighted by Gasteiger charge is 2.23.